The number of rotatable bonds is 7. The van der Waals surface area contributed by atoms with Gasteiger partial charge in [0, 0.05) is 40.4 Å². The highest BCUT2D eigenvalue weighted by atomic mass is 16.5. The van der Waals surface area contributed by atoms with E-state index in [0.717, 1.165) is 44.8 Å². The van der Waals surface area contributed by atoms with E-state index in [1.54, 1.807) is 0 Å². The van der Waals surface area contributed by atoms with Crippen LogP contribution in [0.2, 0.25) is 0 Å². The third-order valence-electron chi connectivity index (χ3n) is 5.33. The van der Waals surface area contributed by atoms with Gasteiger partial charge in [-0.05, 0) is 38.0 Å². The van der Waals surface area contributed by atoms with Gasteiger partial charge >= 0.3 is 0 Å². The van der Waals surface area contributed by atoms with Gasteiger partial charge < -0.3 is 19.7 Å². The van der Waals surface area contributed by atoms with Crippen LogP contribution < -0.4 is 5.32 Å². The number of nitrogens with zero attached hydrogens (tertiary/aromatic N) is 2. The van der Waals surface area contributed by atoms with Crippen molar-refractivity contribution in [1.82, 2.24) is 10.2 Å². The van der Waals surface area contributed by atoms with E-state index >= 15 is 0 Å². The lowest BCUT2D eigenvalue weighted by atomic mass is 9.96. The van der Waals surface area contributed by atoms with Crippen molar-refractivity contribution in [3.63, 3.8) is 0 Å². The van der Waals surface area contributed by atoms with Crippen molar-refractivity contribution in [2.24, 2.45) is 10.9 Å². The van der Waals surface area contributed by atoms with Crippen LogP contribution in [0.1, 0.15) is 57.8 Å². The van der Waals surface area contributed by atoms with E-state index in [1.807, 2.05) is 7.05 Å². The Morgan fingerprint density at radius 2 is 1.83 bits per heavy atom. The third kappa shape index (κ3) is 7.39. The summed E-state index contributed by atoms with van der Waals surface area (Å²) in [7, 11) is 3.99. The smallest absolute Gasteiger partial charge is 0.193 e. The Labute approximate surface area is 148 Å². The van der Waals surface area contributed by atoms with Gasteiger partial charge in [-0.2, -0.15) is 0 Å². The molecule has 1 N–H and O–H groups in total. The molecule has 1 saturated heterocycles. The van der Waals surface area contributed by atoms with Crippen LogP contribution in [0.25, 0.3) is 0 Å². The van der Waals surface area contributed by atoms with Gasteiger partial charge in [-0.15, -0.1) is 0 Å². The molecule has 0 aromatic heterocycles. The number of aliphatic imine (C=N–C) groups is 1. The number of guanidine groups is 1. The van der Waals surface area contributed by atoms with Crippen LogP contribution in [0, 0.1) is 5.92 Å². The van der Waals surface area contributed by atoms with Crippen LogP contribution in [-0.2, 0) is 9.47 Å². The maximum atomic E-state index is 6.04. The first-order chi connectivity index (χ1) is 11.8. The maximum absolute atomic E-state index is 6.04. The minimum Gasteiger partial charge on any atom is -0.381 e. The topological polar surface area (TPSA) is 46.1 Å². The van der Waals surface area contributed by atoms with Crippen molar-refractivity contribution in [1.29, 1.82) is 0 Å². The zero-order chi connectivity index (χ0) is 17.0. The van der Waals surface area contributed by atoms with Gasteiger partial charge in [0.25, 0.3) is 0 Å². The Balaban J connectivity index is 1.58. The fourth-order valence-corrected chi connectivity index (χ4v) is 3.70. The summed E-state index contributed by atoms with van der Waals surface area (Å²) in [6, 6.07) is 0. The fourth-order valence-electron chi connectivity index (χ4n) is 3.70. The molecule has 0 aromatic rings. The highest BCUT2D eigenvalue weighted by Gasteiger charge is 2.16. The molecule has 2 aliphatic rings. The predicted octanol–water partition coefficient (Wildman–Crippen LogP) is 3.05. The summed E-state index contributed by atoms with van der Waals surface area (Å²) in [5.41, 5.74) is 0. The zero-order valence-corrected chi connectivity index (χ0v) is 15.8. The molecule has 0 spiro atoms. The molecule has 0 amide bonds. The van der Waals surface area contributed by atoms with Crippen LogP contribution in [0.4, 0.5) is 0 Å². The summed E-state index contributed by atoms with van der Waals surface area (Å²) < 4.78 is 11.5. The SMILES string of the molecule is CN=C(NCCOC1CCCCCC1)N(C)CCC1CCOCC1. The van der Waals surface area contributed by atoms with E-state index in [9.17, 15) is 0 Å². The summed E-state index contributed by atoms with van der Waals surface area (Å²) in [4.78, 5) is 6.64. The second kappa shape index (κ2) is 11.7. The molecule has 140 valence electrons. The number of hydrogen-bond acceptors (Lipinski definition) is 3. The lowest BCUT2D eigenvalue weighted by molar-refractivity contribution is 0.0465. The van der Waals surface area contributed by atoms with Crippen molar-refractivity contribution in [2.45, 2.75) is 63.9 Å². The third-order valence-corrected chi connectivity index (χ3v) is 5.33. The van der Waals surface area contributed by atoms with Crippen molar-refractivity contribution >= 4 is 5.96 Å². The van der Waals surface area contributed by atoms with Gasteiger partial charge in [-0.3, -0.25) is 4.99 Å². The van der Waals surface area contributed by atoms with E-state index in [0.29, 0.717) is 6.10 Å². The van der Waals surface area contributed by atoms with Gasteiger partial charge in [0.15, 0.2) is 5.96 Å². The van der Waals surface area contributed by atoms with Crippen molar-refractivity contribution in [2.75, 3.05) is 47.0 Å². The molecule has 2 fully saturated rings. The molecule has 24 heavy (non-hydrogen) atoms. The summed E-state index contributed by atoms with van der Waals surface area (Å²) >= 11 is 0. The molecule has 0 unspecified atom stereocenters. The lowest BCUT2D eigenvalue weighted by Gasteiger charge is -2.27. The Kier molecular flexibility index (Phi) is 9.51. The standard InChI is InChI=1S/C19H37N3O2/c1-20-19(22(2)13-9-17-10-14-23-15-11-17)21-12-16-24-18-7-5-3-4-6-8-18/h17-18H,3-16H2,1-2H3,(H,20,21). The molecule has 0 bridgehead atoms. The highest BCUT2D eigenvalue weighted by molar-refractivity contribution is 5.79. The fraction of sp³-hybridized carbons (Fsp3) is 0.947. The molecule has 1 aliphatic heterocycles. The van der Waals surface area contributed by atoms with Gasteiger partial charge in [-0.25, -0.2) is 0 Å². The maximum Gasteiger partial charge on any atom is 0.193 e. The largest absolute Gasteiger partial charge is 0.381 e. The quantitative estimate of drug-likeness (QED) is 0.335. The molecule has 0 radical (unpaired) electrons. The normalized spacial score (nSPS) is 21.5. The molecule has 1 heterocycles. The lowest BCUT2D eigenvalue weighted by Crippen LogP contribution is -2.41. The van der Waals surface area contributed by atoms with E-state index in [2.05, 4.69) is 22.3 Å². The van der Waals surface area contributed by atoms with Crippen molar-refractivity contribution < 1.29 is 9.47 Å². The van der Waals surface area contributed by atoms with Gasteiger partial charge in [0.2, 0.25) is 0 Å². The summed E-state index contributed by atoms with van der Waals surface area (Å²) in [6.07, 6.45) is 12.0. The molecule has 0 atom stereocenters. The molecule has 1 aliphatic carbocycles. The first-order valence-corrected chi connectivity index (χ1v) is 9.90. The molecule has 2 rings (SSSR count). The Hall–Kier alpha value is -0.810. The Bertz CT molecular complexity index is 349. The highest BCUT2D eigenvalue weighted by Crippen LogP contribution is 2.20. The molecular weight excluding hydrogens is 302 g/mol. The minimum atomic E-state index is 0.475. The van der Waals surface area contributed by atoms with Crippen molar-refractivity contribution in [3.8, 4) is 0 Å². The number of nitrogens with one attached hydrogen (secondary N) is 1. The van der Waals surface area contributed by atoms with E-state index in [4.69, 9.17) is 9.47 Å². The van der Waals surface area contributed by atoms with Gasteiger partial charge in [0.05, 0.1) is 12.7 Å². The Morgan fingerprint density at radius 3 is 2.50 bits per heavy atom. The molecule has 5 heteroatoms. The van der Waals surface area contributed by atoms with Crippen LogP contribution in [0.3, 0.4) is 0 Å². The monoisotopic (exact) mass is 339 g/mol. The first kappa shape index (κ1) is 19.5. The predicted molar refractivity (Wildman–Crippen MR) is 99.6 cm³/mol. The summed E-state index contributed by atoms with van der Waals surface area (Å²) in [5, 5.41) is 3.44. The average molecular weight is 340 g/mol. The molecular formula is C19H37N3O2. The van der Waals surface area contributed by atoms with Crippen LogP contribution in [0.15, 0.2) is 4.99 Å². The molecule has 0 aromatic carbocycles. The minimum absolute atomic E-state index is 0.475. The average Bonchev–Trinajstić information content (AvgIpc) is 2.89. The number of hydrogen-bond donors (Lipinski definition) is 1. The van der Waals surface area contributed by atoms with Crippen LogP contribution in [-0.4, -0.2) is 64.0 Å². The van der Waals surface area contributed by atoms with Gasteiger partial charge in [0.1, 0.15) is 0 Å². The van der Waals surface area contributed by atoms with Crippen molar-refractivity contribution in [3.05, 3.63) is 0 Å². The molecule has 5 nitrogen and oxygen atoms in total. The summed E-state index contributed by atoms with van der Waals surface area (Å²) in [6.45, 7) is 4.52. The first-order valence-electron chi connectivity index (χ1n) is 9.90. The zero-order valence-electron chi connectivity index (χ0n) is 15.8. The number of ether oxygens (including phenoxy) is 2. The summed E-state index contributed by atoms with van der Waals surface area (Å²) in [5.74, 6) is 1.78. The van der Waals surface area contributed by atoms with E-state index in [1.165, 1.54) is 57.8 Å². The second-order valence-corrected chi connectivity index (χ2v) is 7.22. The van der Waals surface area contributed by atoms with Crippen LogP contribution >= 0.6 is 0 Å². The molecule has 1 saturated carbocycles. The van der Waals surface area contributed by atoms with E-state index < -0.39 is 0 Å². The van der Waals surface area contributed by atoms with Gasteiger partial charge in [-0.1, -0.05) is 25.7 Å². The Morgan fingerprint density at radius 1 is 1.12 bits per heavy atom. The second-order valence-electron chi connectivity index (χ2n) is 7.22. The van der Waals surface area contributed by atoms with E-state index in [-0.39, 0.29) is 0 Å². The van der Waals surface area contributed by atoms with Crippen LogP contribution in [0.5, 0.6) is 0 Å².